The Morgan fingerprint density at radius 2 is 2.47 bits per heavy atom. The van der Waals surface area contributed by atoms with Crippen molar-refractivity contribution >= 4 is 23.0 Å². The summed E-state index contributed by atoms with van der Waals surface area (Å²) in [5, 5.41) is 0.130. The molecule has 1 heterocycles. The van der Waals surface area contributed by atoms with Gasteiger partial charge in [-0.3, -0.25) is 9.59 Å². The molecule has 4 nitrogen and oxygen atoms in total. The third-order valence-corrected chi connectivity index (χ3v) is 2.42. The van der Waals surface area contributed by atoms with Crippen molar-refractivity contribution < 1.29 is 4.79 Å². The Morgan fingerprint density at radius 1 is 1.67 bits per heavy atom. The highest BCUT2D eigenvalue weighted by Gasteiger charge is 1.91. The van der Waals surface area contributed by atoms with Gasteiger partial charge >= 0.3 is 0 Å². The number of carbonyl (C=O) groups excluding carboxylic acids is 1. The molecule has 1 aromatic rings. The molecule has 0 fully saturated rings. The first-order valence-electron chi connectivity index (χ1n) is 4.53. The number of thioether (sulfide) groups is 1. The predicted octanol–water partition coefficient (Wildman–Crippen LogP) is 1.45. The van der Waals surface area contributed by atoms with E-state index in [1.54, 1.807) is 13.1 Å². The van der Waals surface area contributed by atoms with Crippen LogP contribution in [0.25, 0.3) is 6.08 Å². The topological polar surface area (TPSA) is 62.8 Å². The van der Waals surface area contributed by atoms with Gasteiger partial charge in [0.2, 0.25) is 0 Å². The first-order valence-corrected chi connectivity index (χ1v) is 5.51. The molecule has 0 unspecified atom stereocenters. The standard InChI is InChI=1S/C10H12N2O2S/c1-8(13)15-5-3-2-4-9-6-12-10(14)7-11-9/h2,4,6-7H,3,5H2,1H3,(H,12,14). The summed E-state index contributed by atoms with van der Waals surface area (Å²) in [5.41, 5.74) is 0.502. The fourth-order valence-electron chi connectivity index (χ4n) is 0.919. The fourth-order valence-corrected chi connectivity index (χ4v) is 1.46. The van der Waals surface area contributed by atoms with Crippen LogP contribution in [0, 0.1) is 0 Å². The Hall–Kier alpha value is -1.36. The highest BCUT2D eigenvalue weighted by molar-refractivity contribution is 8.13. The highest BCUT2D eigenvalue weighted by atomic mass is 32.2. The molecule has 0 amide bonds. The zero-order chi connectivity index (χ0) is 11.1. The molecule has 0 spiro atoms. The Balaban J connectivity index is 2.35. The maximum atomic E-state index is 10.7. The minimum Gasteiger partial charge on any atom is -0.326 e. The van der Waals surface area contributed by atoms with Crippen LogP contribution in [0.4, 0.5) is 0 Å². The molecule has 1 aromatic heterocycles. The summed E-state index contributed by atoms with van der Waals surface area (Å²) in [5.74, 6) is 0.773. The van der Waals surface area contributed by atoms with Crippen molar-refractivity contribution in [1.29, 1.82) is 0 Å². The highest BCUT2D eigenvalue weighted by Crippen LogP contribution is 2.04. The van der Waals surface area contributed by atoms with E-state index >= 15 is 0 Å². The van der Waals surface area contributed by atoms with Crippen molar-refractivity contribution in [2.24, 2.45) is 0 Å². The van der Waals surface area contributed by atoms with E-state index in [1.165, 1.54) is 18.0 Å². The lowest BCUT2D eigenvalue weighted by molar-refractivity contribution is -0.109. The van der Waals surface area contributed by atoms with Gasteiger partial charge in [-0.25, -0.2) is 4.98 Å². The lowest BCUT2D eigenvalue weighted by Crippen LogP contribution is -2.04. The van der Waals surface area contributed by atoms with Gasteiger partial charge in [-0.2, -0.15) is 0 Å². The number of carbonyl (C=O) groups is 1. The molecule has 0 aliphatic rings. The van der Waals surface area contributed by atoms with Crippen molar-refractivity contribution in [2.75, 3.05) is 5.75 Å². The van der Waals surface area contributed by atoms with E-state index in [0.29, 0.717) is 5.69 Å². The number of H-pyrrole nitrogens is 1. The zero-order valence-electron chi connectivity index (χ0n) is 8.40. The van der Waals surface area contributed by atoms with Crippen LogP contribution >= 0.6 is 11.8 Å². The first-order chi connectivity index (χ1) is 7.18. The van der Waals surface area contributed by atoms with Gasteiger partial charge in [0.1, 0.15) is 0 Å². The second-order valence-electron chi connectivity index (χ2n) is 2.87. The van der Waals surface area contributed by atoms with E-state index in [9.17, 15) is 9.59 Å². The zero-order valence-corrected chi connectivity index (χ0v) is 9.21. The number of hydrogen-bond donors (Lipinski definition) is 1. The van der Waals surface area contributed by atoms with Gasteiger partial charge < -0.3 is 4.98 Å². The molecule has 1 N–H and O–H groups in total. The van der Waals surface area contributed by atoms with E-state index in [0.717, 1.165) is 12.2 Å². The molecule has 0 aliphatic heterocycles. The number of nitrogens with zero attached hydrogens (tertiary/aromatic N) is 1. The Kier molecular flexibility index (Phi) is 4.83. The van der Waals surface area contributed by atoms with Gasteiger partial charge in [0, 0.05) is 18.9 Å². The third kappa shape index (κ3) is 5.17. The summed E-state index contributed by atoms with van der Waals surface area (Å²) in [6.07, 6.45) is 7.35. The average Bonchev–Trinajstić information content (AvgIpc) is 2.20. The SMILES string of the molecule is CC(=O)SCCC=Cc1c[nH]c(=O)cn1. The average molecular weight is 224 g/mol. The second kappa shape index (κ2) is 6.19. The van der Waals surface area contributed by atoms with E-state index in [4.69, 9.17) is 0 Å². The smallest absolute Gasteiger partial charge is 0.266 e. The number of allylic oxidation sites excluding steroid dienone is 1. The molecule has 15 heavy (non-hydrogen) atoms. The van der Waals surface area contributed by atoms with E-state index in [-0.39, 0.29) is 10.7 Å². The molecular weight excluding hydrogens is 212 g/mol. The summed E-state index contributed by atoms with van der Waals surface area (Å²) in [6.45, 7) is 1.55. The molecule has 0 aliphatic carbocycles. The fraction of sp³-hybridized carbons (Fsp3) is 0.300. The monoisotopic (exact) mass is 224 g/mol. The summed E-state index contributed by atoms with van der Waals surface area (Å²) in [4.78, 5) is 27.7. The molecular formula is C10H12N2O2S. The van der Waals surface area contributed by atoms with Gasteiger partial charge in [0.15, 0.2) is 5.12 Å². The molecule has 0 atom stereocenters. The summed E-state index contributed by atoms with van der Waals surface area (Å²) < 4.78 is 0. The van der Waals surface area contributed by atoms with Crippen molar-refractivity contribution in [2.45, 2.75) is 13.3 Å². The van der Waals surface area contributed by atoms with E-state index in [1.807, 2.05) is 12.2 Å². The van der Waals surface area contributed by atoms with E-state index < -0.39 is 0 Å². The van der Waals surface area contributed by atoms with Crippen LogP contribution in [-0.2, 0) is 4.79 Å². The summed E-state index contributed by atoms with van der Waals surface area (Å²) >= 11 is 1.30. The Morgan fingerprint density at radius 3 is 3.07 bits per heavy atom. The van der Waals surface area contributed by atoms with Crippen LogP contribution in [0.1, 0.15) is 19.0 Å². The van der Waals surface area contributed by atoms with Gasteiger partial charge in [0.25, 0.3) is 5.56 Å². The molecule has 1 rings (SSSR count). The molecule has 0 radical (unpaired) electrons. The van der Waals surface area contributed by atoms with Gasteiger partial charge in [-0.15, -0.1) is 0 Å². The normalized spacial score (nSPS) is 10.7. The van der Waals surface area contributed by atoms with Crippen LogP contribution in [0.2, 0.25) is 0 Å². The van der Waals surface area contributed by atoms with Gasteiger partial charge in [0.05, 0.1) is 11.9 Å². The van der Waals surface area contributed by atoms with Gasteiger partial charge in [-0.1, -0.05) is 17.8 Å². The molecule has 0 saturated heterocycles. The number of rotatable bonds is 4. The van der Waals surface area contributed by atoms with Crippen LogP contribution in [0.15, 0.2) is 23.3 Å². The minimum atomic E-state index is -0.209. The quantitative estimate of drug-likeness (QED) is 0.786. The van der Waals surface area contributed by atoms with Crippen molar-refractivity contribution in [1.82, 2.24) is 9.97 Å². The maximum absolute atomic E-state index is 10.7. The second-order valence-corrected chi connectivity index (χ2v) is 4.14. The Labute approximate surface area is 91.8 Å². The maximum Gasteiger partial charge on any atom is 0.266 e. The molecule has 0 saturated carbocycles. The minimum absolute atomic E-state index is 0.130. The van der Waals surface area contributed by atoms with E-state index in [2.05, 4.69) is 9.97 Å². The Bertz CT molecular complexity index is 392. The predicted molar refractivity (Wildman–Crippen MR) is 61.6 cm³/mol. The number of aromatic amines is 1. The number of nitrogens with one attached hydrogen (secondary N) is 1. The van der Waals surface area contributed by atoms with Crippen LogP contribution in [-0.4, -0.2) is 20.8 Å². The van der Waals surface area contributed by atoms with Crippen molar-refractivity contribution in [3.05, 3.63) is 34.5 Å². The van der Waals surface area contributed by atoms with Crippen LogP contribution in [0.5, 0.6) is 0 Å². The van der Waals surface area contributed by atoms with Crippen molar-refractivity contribution in [3.8, 4) is 0 Å². The largest absolute Gasteiger partial charge is 0.326 e. The molecule has 0 bridgehead atoms. The van der Waals surface area contributed by atoms with Crippen LogP contribution in [0.3, 0.4) is 0 Å². The summed E-state index contributed by atoms with van der Waals surface area (Å²) in [6, 6.07) is 0. The van der Waals surface area contributed by atoms with Crippen molar-refractivity contribution in [3.63, 3.8) is 0 Å². The lowest BCUT2D eigenvalue weighted by atomic mass is 10.3. The number of hydrogen-bond acceptors (Lipinski definition) is 4. The third-order valence-electron chi connectivity index (χ3n) is 1.57. The molecule has 0 aromatic carbocycles. The lowest BCUT2D eigenvalue weighted by Gasteiger charge is -1.92. The van der Waals surface area contributed by atoms with Gasteiger partial charge in [-0.05, 0) is 12.5 Å². The first kappa shape index (κ1) is 11.7. The molecule has 80 valence electrons. The summed E-state index contributed by atoms with van der Waals surface area (Å²) in [7, 11) is 0. The van der Waals surface area contributed by atoms with Crippen LogP contribution < -0.4 is 5.56 Å². The number of aromatic nitrogens is 2. The molecule has 5 heteroatoms.